The van der Waals surface area contributed by atoms with Crippen molar-refractivity contribution in [1.29, 1.82) is 0 Å². The molecule has 0 fully saturated rings. The molecule has 230 valence electrons. The Labute approximate surface area is 292 Å². The van der Waals surface area contributed by atoms with Gasteiger partial charge in [0.05, 0.1) is 11.1 Å². The molecule has 0 radical (unpaired) electrons. The highest BCUT2D eigenvalue weighted by Gasteiger charge is 2.24. The molecule has 0 heterocycles. The number of hydrogen-bond acceptors (Lipinski definition) is 4. The van der Waals surface area contributed by atoms with Crippen LogP contribution in [-0.4, -0.2) is 11.9 Å². The van der Waals surface area contributed by atoms with E-state index in [1.807, 2.05) is 121 Å². The lowest BCUT2D eigenvalue weighted by Gasteiger charge is -2.19. The van der Waals surface area contributed by atoms with Crippen LogP contribution in [0.3, 0.4) is 0 Å². The zero-order valence-electron chi connectivity index (χ0n) is 25.2. The molecule has 0 aliphatic heterocycles. The molecule has 0 amide bonds. The highest BCUT2D eigenvalue weighted by Crippen LogP contribution is 2.46. The molecule has 0 saturated heterocycles. The van der Waals surface area contributed by atoms with Crippen LogP contribution in [0.2, 0.25) is 0 Å². The summed E-state index contributed by atoms with van der Waals surface area (Å²) in [7, 11) is 0. The number of carbonyl (C=O) groups is 2. The van der Waals surface area contributed by atoms with Crippen LogP contribution in [0.5, 0.6) is 11.5 Å². The molecule has 6 heteroatoms. The molecule has 0 unspecified atom stereocenters. The fourth-order valence-electron chi connectivity index (χ4n) is 6.28. The minimum Gasteiger partial charge on any atom is -0.422 e. The van der Waals surface area contributed by atoms with Crippen molar-refractivity contribution in [1.82, 2.24) is 0 Å². The second-order valence-corrected chi connectivity index (χ2v) is 13.0. The van der Waals surface area contributed by atoms with E-state index in [0.717, 1.165) is 43.1 Å². The van der Waals surface area contributed by atoms with E-state index in [9.17, 15) is 9.59 Å². The van der Waals surface area contributed by atoms with Crippen molar-refractivity contribution in [3.63, 3.8) is 0 Å². The van der Waals surface area contributed by atoms with Crippen molar-refractivity contribution in [3.05, 3.63) is 166 Å². The van der Waals surface area contributed by atoms with Crippen molar-refractivity contribution >= 4 is 86.9 Å². The third kappa shape index (κ3) is 5.23. The summed E-state index contributed by atoms with van der Waals surface area (Å²) in [6.45, 7) is 0. The Bertz CT molecular complexity index is 2410. The number of rotatable bonds is 5. The normalized spacial score (nSPS) is 11.3. The van der Waals surface area contributed by atoms with Gasteiger partial charge in [-0.15, -0.1) is 0 Å². The highest BCUT2D eigenvalue weighted by atomic mass is 79.9. The first-order valence-corrected chi connectivity index (χ1v) is 16.9. The van der Waals surface area contributed by atoms with E-state index in [1.165, 1.54) is 0 Å². The van der Waals surface area contributed by atoms with E-state index in [4.69, 9.17) is 9.47 Å². The summed E-state index contributed by atoms with van der Waals surface area (Å²) in [6, 6.07) is 46.3. The van der Waals surface area contributed by atoms with Crippen LogP contribution in [0.1, 0.15) is 20.7 Å². The van der Waals surface area contributed by atoms with Gasteiger partial charge in [-0.25, -0.2) is 9.59 Å². The zero-order valence-corrected chi connectivity index (χ0v) is 28.4. The van der Waals surface area contributed by atoms with Crippen molar-refractivity contribution in [2.24, 2.45) is 0 Å². The van der Waals surface area contributed by atoms with Crippen LogP contribution in [0.15, 0.2) is 155 Å². The smallest absolute Gasteiger partial charge is 0.344 e. The van der Waals surface area contributed by atoms with Gasteiger partial charge in [0.1, 0.15) is 11.5 Å². The van der Waals surface area contributed by atoms with Crippen LogP contribution in [0.25, 0.3) is 54.2 Å². The van der Waals surface area contributed by atoms with Crippen LogP contribution >= 0.6 is 31.9 Å². The molecular weight excluding hydrogens is 728 g/mol. The third-order valence-electron chi connectivity index (χ3n) is 8.60. The highest BCUT2D eigenvalue weighted by molar-refractivity contribution is 9.11. The Hall–Kier alpha value is -5.30. The number of ether oxygens (including phenoxy) is 2. The molecule has 0 aromatic heterocycles. The van der Waals surface area contributed by atoms with E-state index in [0.29, 0.717) is 42.7 Å². The van der Waals surface area contributed by atoms with Crippen LogP contribution < -0.4 is 9.47 Å². The predicted octanol–water partition coefficient (Wildman–Crippen LogP) is 11.9. The molecule has 8 aromatic rings. The average molecular weight is 752 g/mol. The van der Waals surface area contributed by atoms with E-state index < -0.39 is 11.9 Å². The van der Waals surface area contributed by atoms with Gasteiger partial charge in [-0.1, -0.05) is 121 Å². The van der Waals surface area contributed by atoms with Gasteiger partial charge in [-0.3, -0.25) is 0 Å². The third-order valence-corrected chi connectivity index (χ3v) is 10.3. The Morgan fingerprint density at radius 1 is 0.375 bits per heavy atom. The lowest BCUT2D eigenvalue weighted by atomic mass is 9.92. The molecular formula is C42H24Br2O4. The first-order chi connectivity index (χ1) is 23.5. The van der Waals surface area contributed by atoms with Crippen molar-refractivity contribution in [3.8, 4) is 22.6 Å². The maximum absolute atomic E-state index is 13.9. The van der Waals surface area contributed by atoms with Gasteiger partial charge >= 0.3 is 11.9 Å². The number of fused-ring (bicyclic) bond motifs is 4. The zero-order chi connectivity index (χ0) is 32.8. The molecule has 4 nitrogen and oxygen atoms in total. The van der Waals surface area contributed by atoms with Crippen LogP contribution in [0, 0.1) is 0 Å². The number of carbonyl (C=O) groups excluding carboxylic acids is 2. The van der Waals surface area contributed by atoms with Gasteiger partial charge in [-0.2, -0.15) is 0 Å². The lowest BCUT2D eigenvalue weighted by molar-refractivity contribution is 0.0722. The van der Waals surface area contributed by atoms with Gasteiger partial charge in [0.25, 0.3) is 0 Å². The van der Waals surface area contributed by atoms with E-state index in [1.54, 1.807) is 24.3 Å². The maximum Gasteiger partial charge on any atom is 0.344 e. The number of halogens is 2. The molecule has 0 aliphatic carbocycles. The number of hydrogen-bond donors (Lipinski definition) is 0. The number of esters is 2. The largest absolute Gasteiger partial charge is 0.422 e. The van der Waals surface area contributed by atoms with Crippen LogP contribution in [-0.2, 0) is 0 Å². The Balaban J connectivity index is 1.30. The second-order valence-electron chi connectivity index (χ2n) is 11.4. The summed E-state index contributed by atoms with van der Waals surface area (Å²) < 4.78 is 13.9. The van der Waals surface area contributed by atoms with Gasteiger partial charge in [0, 0.05) is 20.1 Å². The summed E-state index contributed by atoms with van der Waals surface area (Å²) in [5.74, 6) is -0.329. The van der Waals surface area contributed by atoms with E-state index in [2.05, 4.69) is 31.9 Å². The molecule has 8 rings (SSSR count). The van der Waals surface area contributed by atoms with Crippen molar-refractivity contribution < 1.29 is 19.1 Å². The molecule has 0 saturated carbocycles. The van der Waals surface area contributed by atoms with Crippen LogP contribution in [0.4, 0.5) is 0 Å². The summed E-state index contributed by atoms with van der Waals surface area (Å²) in [4.78, 5) is 27.8. The fourth-order valence-corrected chi connectivity index (χ4v) is 7.59. The van der Waals surface area contributed by atoms with E-state index >= 15 is 0 Å². The molecule has 0 bridgehead atoms. The molecule has 0 N–H and O–H groups in total. The topological polar surface area (TPSA) is 52.6 Å². The predicted molar refractivity (Wildman–Crippen MR) is 200 cm³/mol. The van der Waals surface area contributed by atoms with Gasteiger partial charge in [0.15, 0.2) is 0 Å². The van der Waals surface area contributed by atoms with Gasteiger partial charge in [-0.05, 0) is 99.2 Å². The molecule has 0 spiro atoms. The van der Waals surface area contributed by atoms with Gasteiger partial charge in [0.2, 0.25) is 0 Å². The quantitative estimate of drug-likeness (QED) is 0.130. The summed E-state index contributed by atoms with van der Waals surface area (Å²) >= 11 is 7.30. The standard InChI is InChI=1S/C42H24Br2O4/c43-39-31-15-7-3-11-27(31)17-21-33(39)41(45)47-35-23-19-25-9-1-5-13-29(25)37(35)38-30-14-6-2-10-26(30)20-24-36(38)48-42(46)34-22-18-28-12-4-8-16-32(28)40(34)44/h1-24H. The van der Waals surface area contributed by atoms with E-state index in [-0.39, 0.29) is 0 Å². The average Bonchev–Trinajstić information content (AvgIpc) is 3.12. The Morgan fingerprint density at radius 3 is 1.08 bits per heavy atom. The molecule has 48 heavy (non-hydrogen) atoms. The SMILES string of the molecule is O=C(Oc1ccc2ccccc2c1-c1c(OC(=O)c2ccc3ccccc3c2Br)ccc2ccccc12)c1ccc2ccccc2c1Br. The fraction of sp³-hybridized carbons (Fsp3) is 0. The monoisotopic (exact) mass is 750 g/mol. The van der Waals surface area contributed by atoms with Gasteiger partial charge < -0.3 is 9.47 Å². The summed E-state index contributed by atoms with van der Waals surface area (Å²) in [6.07, 6.45) is 0. The molecule has 0 atom stereocenters. The first-order valence-electron chi connectivity index (χ1n) is 15.3. The molecule has 0 aliphatic rings. The minimum absolute atomic E-state index is 0.347. The first kappa shape index (κ1) is 30.1. The summed E-state index contributed by atoms with van der Waals surface area (Å²) in [5.41, 5.74) is 2.10. The minimum atomic E-state index is -0.511. The Kier molecular flexibility index (Phi) is 7.75. The number of benzene rings is 8. The second kappa shape index (κ2) is 12.4. The molecule has 8 aromatic carbocycles. The van der Waals surface area contributed by atoms with Crippen molar-refractivity contribution in [2.45, 2.75) is 0 Å². The maximum atomic E-state index is 13.9. The Morgan fingerprint density at radius 2 is 0.688 bits per heavy atom. The van der Waals surface area contributed by atoms with Crippen molar-refractivity contribution in [2.75, 3.05) is 0 Å². The lowest BCUT2D eigenvalue weighted by Crippen LogP contribution is -2.12. The summed E-state index contributed by atoms with van der Waals surface area (Å²) in [5, 5.41) is 7.42.